The van der Waals surface area contributed by atoms with Crippen LogP contribution in [0.1, 0.15) is 50.3 Å². The highest BCUT2D eigenvalue weighted by Crippen LogP contribution is 2.37. The zero-order valence-corrected chi connectivity index (χ0v) is 20.2. The number of nitrogens with zero attached hydrogens (tertiary/aromatic N) is 3. The average molecular weight is 463 g/mol. The number of thiocarbonyl (C=S) groups is 1. The topological polar surface area (TPSA) is 63.4 Å². The maximum Gasteiger partial charge on any atom is 0.258 e. The standard InChI is InChI=1S/C26H30N4O2S/c1-4-19-12-14-20(15-13-19)23-22(18(3)30(26(33)27-23)16-9-17-31-5-2)25-28-24(29-32-25)21-10-7-6-8-11-21/h6-8,10-15,23H,4-5,9,16-17H2,1-3H3,(H,27,33). The summed E-state index contributed by atoms with van der Waals surface area (Å²) in [5.74, 6) is 1.07. The molecule has 1 aliphatic rings. The van der Waals surface area contributed by atoms with Gasteiger partial charge in [-0.1, -0.05) is 66.7 Å². The van der Waals surface area contributed by atoms with Gasteiger partial charge >= 0.3 is 0 Å². The number of hydrogen-bond donors (Lipinski definition) is 1. The van der Waals surface area contributed by atoms with Crippen molar-refractivity contribution in [2.24, 2.45) is 0 Å². The molecule has 33 heavy (non-hydrogen) atoms. The summed E-state index contributed by atoms with van der Waals surface area (Å²) < 4.78 is 11.3. The van der Waals surface area contributed by atoms with Gasteiger partial charge in [0.2, 0.25) is 5.82 Å². The molecule has 172 valence electrons. The van der Waals surface area contributed by atoms with Crippen molar-refractivity contribution in [3.8, 4) is 11.4 Å². The van der Waals surface area contributed by atoms with Crippen LogP contribution in [0.4, 0.5) is 0 Å². The van der Waals surface area contributed by atoms with Crippen LogP contribution in [-0.4, -0.2) is 39.9 Å². The number of hydrogen-bond acceptors (Lipinski definition) is 5. The summed E-state index contributed by atoms with van der Waals surface area (Å²) in [5.41, 5.74) is 5.28. The first-order valence-electron chi connectivity index (χ1n) is 11.5. The Labute approximate surface area is 200 Å². The molecule has 4 rings (SSSR count). The predicted molar refractivity (Wildman–Crippen MR) is 134 cm³/mol. The van der Waals surface area contributed by atoms with E-state index in [4.69, 9.17) is 26.5 Å². The molecule has 2 heterocycles. The molecule has 0 saturated heterocycles. The number of aryl methyl sites for hydroxylation is 1. The van der Waals surface area contributed by atoms with Gasteiger partial charge in [-0.3, -0.25) is 0 Å². The van der Waals surface area contributed by atoms with Gasteiger partial charge in [0.1, 0.15) is 0 Å². The predicted octanol–water partition coefficient (Wildman–Crippen LogP) is 5.39. The average Bonchev–Trinajstić information content (AvgIpc) is 3.33. The zero-order valence-electron chi connectivity index (χ0n) is 19.4. The minimum Gasteiger partial charge on any atom is -0.382 e. The maximum absolute atomic E-state index is 5.80. The van der Waals surface area contributed by atoms with Crippen LogP contribution in [0, 0.1) is 0 Å². The number of aromatic nitrogens is 2. The summed E-state index contributed by atoms with van der Waals surface area (Å²) in [6.45, 7) is 8.39. The Hall–Kier alpha value is -3.03. The van der Waals surface area contributed by atoms with Gasteiger partial charge < -0.3 is 19.5 Å². The quantitative estimate of drug-likeness (QED) is 0.338. The van der Waals surface area contributed by atoms with E-state index in [-0.39, 0.29) is 6.04 Å². The second-order valence-electron chi connectivity index (χ2n) is 7.97. The molecule has 1 aromatic heterocycles. The van der Waals surface area contributed by atoms with Crippen LogP contribution in [0.25, 0.3) is 17.0 Å². The van der Waals surface area contributed by atoms with E-state index in [1.54, 1.807) is 0 Å². The lowest BCUT2D eigenvalue weighted by atomic mass is 9.94. The molecule has 0 aliphatic carbocycles. The van der Waals surface area contributed by atoms with Crippen molar-refractivity contribution < 1.29 is 9.26 Å². The van der Waals surface area contributed by atoms with Crippen LogP contribution in [0.5, 0.6) is 0 Å². The molecule has 0 fully saturated rings. The summed E-state index contributed by atoms with van der Waals surface area (Å²) in [7, 11) is 0. The lowest BCUT2D eigenvalue weighted by Gasteiger charge is -2.37. The van der Waals surface area contributed by atoms with Crippen LogP contribution in [0.3, 0.4) is 0 Å². The minimum atomic E-state index is -0.171. The molecule has 0 radical (unpaired) electrons. The monoisotopic (exact) mass is 462 g/mol. The van der Waals surface area contributed by atoms with Gasteiger partial charge in [-0.2, -0.15) is 4.98 Å². The van der Waals surface area contributed by atoms with Gasteiger partial charge in [-0.25, -0.2) is 0 Å². The highest BCUT2D eigenvalue weighted by Gasteiger charge is 2.33. The molecule has 1 N–H and O–H groups in total. The summed E-state index contributed by atoms with van der Waals surface area (Å²) in [4.78, 5) is 6.87. The molecule has 1 aliphatic heterocycles. The Morgan fingerprint density at radius 3 is 2.55 bits per heavy atom. The SMILES string of the molecule is CCOCCCN1C(=S)NC(c2ccc(CC)cc2)C(c2nc(-c3ccccc3)no2)=C1C. The summed E-state index contributed by atoms with van der Waals surface area (Å²) >= 11 is 5.77. The lowest BCUT2D eigenvalue weighted by Crippen LogP contribution is -2.46. The van der Waals surface area contributed by atoms with Crippen molar-refractivity contribution >= 4 is 22.9 Å². The van der Waals surface area contributed by atoms with E-state index in [0.29, 0.717) is 30.0 Å². The summed E-state index contributed by atoms with van der Waals surface area (Å²) in [6.07, 6.45) is 1.87. The first kappa shape index (κ1) is 23.1. The molecule has 2 aromatic carbocycles. The van der Waals surface area contributed by atoms with Gasteiger partial charge in [0, 0.05) is 31.0 Å². The van der Waals surface area contributed by atoms with Crippen LogP contribution >= 0.6 is 12.2 Å². The maximum atomic E-state index is 5.80. The molecule has 1 atom stereocenters. The second kappa shape index (κ2) is 10.7. The Bertz CT molecular complexity index is 1110. The molecule has 7 heteroatoms. The van der Waals surface area contributed by atoms with E-state index in [9.17, 15) is 0 Å². The third kappa shape index (κ3) is 5.15. The molecular weight excluding hydrogens is 432 g/mol. The van der Waals surface area contributed by atoms with Crippen molar-refractivity contribution in [2.45, 2.75) is 39.7 Å². The van der Waals surface area contributed by atoms with E-state index in [1.807, 2.05) is 37.3 Å². The van der Waals surface area contributed by atoms with Gasteiger partial charge in [-0.05, 0) is 50.0 Å². The molecule has 1 unspecified atom stereocenters. The van der Waals surface area contributed by atoms with E-state index >= 15 is 0 Å². The molecule has 0 amide bonds. The van der Waals surface area contributed by atoms with Crippen molar-refractivity contribution in [1.82, 2.24) is 20.4 Å². The first-order valence-corrected chi connectivity index (χ1v) is 11.9. The molecule has 3 aromatic rings. The summed E-state index contributed by atoms with van der Waals surface area (Å²) in [5, 5.41) is 8.48. The molecule has 6 nitrogen and oxygen atoms in total. The van der Waals surface area contributed by atoms with Gasteiger partial charge in [0.05, 0.1) is 11.6 Å². The summed E-state index contributed by atoms with van der Waals surface area (Å²) in [6, 6.07) is 18.3. The van der Waals surface area contributed by atoms with Gasteiger partial charge in [0.25, 0.3) is 5.89 Å². The highest BCUT2D eigenvalue weighted by molar-refractivity contribution is 7.80. The smallest absolute Gasteiger partial charge is 0.258 e. The zero-order chi connectivity index (χ0) is 23.2. The minimum absolute atomic E-state index is 0.171. The normalized spacial score (nSPS) is 16.3. The Balaban J connectivity index is 1.72. The molecule has 0 bridgehead atoms. The van der Waals surface area contributed by atoms with Crippen molar-refractivity contribution in [2.75, 3.05) is 19.8 Å². The highest BCUT2D eigenvalue weighted by atomic mass is 32.1. The Morgan fingerprint density at radius 2 is 1.85 bits per heavy atom. The second-order valence-corrected chi connectivity index (χ2v) is 8.35. The van der Waals surface area contributed by atoms with E-state index in [1.165, 1.54) is 5.56 Å². The van der Waals surface area contributed by atoms with Crippen LogP contribution < -0.4 is 5.32 Å². The third-order valence-corrected chi connectivity index (χ3v) is 6.22. The number of nitrogens with one attached hydrogen (secondary N) is 1. The van der Waals surface area contributed by atoms with Crippen molar-refractivity contribution in [3.05, 3.63) is 77.3 Å². The number of rotatable bonds is 9. The first-order chi connectivity index (χ1) is 16.1. The van der Waals surface area contributed by atoms with E-state index < -0.39 is 0 Å². The third-order valence-electron chi connectivity index (χ3n) is 5.88. The Kier molecular flexibility index (Phi) is 7.52. The molecule has 0 spiro atoms. The lowest BCUT2D eigenvalue weighted by molar-refractivity contribution is 0.141. The van der Waals surface area contributed by atoms with Gasteiger partial charge in [0.15, 0.2) is 5.11 Å². The molecule has 0 saturated carbocycles. The largest absolute Gasteiger partial charge is 0.382 e. The Morgan fingerprint density at radius 1 is 1.09 bits per heavy atom. The van der Waals surface area contributed by atoms with E-state index in [2.05, 4.69) is 53.5 Å². The number of ether oxygens (including phenoxy) is 1. The fourth-order valence-corrected chi connectivity index (χ4v) is 4.38. The van der Waals surface area contributed by atoms with Crippen LogP contribution in [0.2, 0.25) is 0 Å². The van der Waals surface area contributed by atoms with Crippen LogP contribution in [0.15, 0.2) is 64.8 Å². The van der Waals surface area contributed by atoms with Crippen LogP contribution in [-0.2, 0) is 11.2 Å². The van der Waals surface area contributed by atoms with E-state index in [0.717, 1.165) is 41.8 Å². The fourth-order valence-electron chi connectivity index (χ4n) is 4.03. The number of benzene rings is 2. The fraction of sp³-hybridized carbons (Fsp3) is 0.346. The van der Waals surface area contributed by atoms with Gasteiger partial charge in [-0.15, -0.1) is 0 Å². The number of allylic oxidation sites excluding steroid dienone is 1. The van der Waals surface area contributed by atoms with Crippen molar-refractivity contribution in [1.29, 1.82) is 0 Å². The molecular formula is C26H30N4O2S. The van der Waals surface area contributed by atoms with Crippen molar-refractivity contribution in [3.63, 3.8) is 0 Å².